The summed E-state index contributed by atoms with van der Waals surface area (Å²) in [5.74, 6) is 1.04. The van der Waals surface area contributed by atoms with Gasteiger partial charge >= 0.3 is 0 Å². The lowest BCUT2D eigenvalue weighted by Gasteiger charge is -2.17. The van der Waals surface area contributed by atoms with Gasteiger partial charge in [-0.3, -0.25) is 14.2 Å². The van der Waals surface area contributed by atoms with Crippen LogP contribution in [0, 0.1) is 6.92 Å². The Morgan fingerprint density at radius 3 is 2.67 bits per heavy atom. The normalized spacial score (nSPS) is 13.2. The first-order valence-electron chi connectivity index (χ1n) is 10.5. The molecule has 0 saturated heterocycles. The van der Waals surface area contributed by atoms with Crippen molar-refractivity contribution >= 4 is 34.3 Å². The number of nitrogens with zero attached hydrogens (tertiary/aromatic N) is 2. The van der Waals surface area contributed by atoms with Gasteiger partial charge in [0.25, 0.3) is 5.56 Å². The van der Waals surface area contributed by atoms with E-state index in [1.807, 2.05) is 43.3 Å². The van der Waals surface area contributed by atoms with E-state index in [1.165, 1.54) is 11.8 Å². The van der Waals surface area contributed by atoms with Crippen LogP contribution >= 0.6 is 11.8 Å². The number of rotatable bonds is 5. The fourth-order valence-corrected chi connectivity index (χ4v) is 4.57. The second-order valence-corrected chi connectivity index (χ2v) is 8.96. The van der Waals surface area contributed by atoms with E-state index in [4.69, 9.17) is 14.5 Å². The Labute approximate surface area is 194 Å². The second-order valence-electron chi connectivity index (χ2n) is 7.66. The van der Waals surface area contributed by atoms with Crippen molar-refractivity contribution < 1.29 is 14.3 Å². The van der Waals surface area contributed by atoms with Gasteiger partial charge < -0.3 is 14.8 Å². The summed E-state index contributed by atoms with van der Waals surface area (Å²) in [5.41, 5.74) is 2.72. The lowest BCUT2D eigenvalue weighted by atomic mass is 10.2. The molecule has 0 bridgehead atoms. The number of fused-ring (bicyclic) bond motifs is 2. The number of carbonyl (C=O) groups excluding carboxylic acids is 1. The maximum absolute atomic E-state index is 13.4. The largest absolute Gasteiger partial charge is 0.454 e. The molecule has 8 heteroatoms. The summed E-state index contributed by atoms with van der Waals surface area (Å²) >= 11 is 1.24. The Morgan fingerprint density at radius 1 is 1.06 bits per heavy atom. The predicted octanol–water partition coefficient (Wildman–Crippen LogP) is 4.54. The first kappa shape index (κ1) is 21.1. The molecule has 4 aromatic rings. The molecular weight excluding hydrogens is 438 g/mol. The maximum Gasteiger partial charge on any atom is 0.266 e. The van der Waals surface area contributed by atoms with Crippen LogP contribution in [0.25, 0.3) is 16.6 Å². The Bertz CT molecular complexity index is 1430. The molecule has 1 aliphatic rings. The summed E-state index contributed by atoms with van der Waals surface area (Å²) in [7, 11) is 0. The molecule has 5 rings (SSSR count). The average molecular weight is 460 g/mol. The van der Waals surface area contributed by atoms with Crippen LogP contribution in [0.2, 0.25) is 0 Å². The molecule has 0 spiro atoms. The Balaban J connectivity index is 1.49. The minimum atomic E-state index is -0.515. The highest BCUT2D eigenvalue weighted by atomic mass is 32.2. The van der Waals surface area contributed by atoms with Crippen molar-refractivity contribution in [3.8, 4) is 17.2 Å². The van der Waals surface area contributed by atoms with Crippen molar-refractivity contribution in [3.63, 3.8) is 0 Å². The molecule has 1 atom stereocenters. The number of aryl methyl sites for hydroxylation is 1. The van der Waals surface area contributed by atoms with Gasteiger partial charge in [0.1, 0.15) is 0 Å². The Kier molecular flexibility index (Phi) is 5.51. The number of carbonyl (C=O) groups is 1. The predicted molar refractivity (Wildman–Crippen MR) is 129 cm³/mol. The fraction of sp³-hybridized carbons (Fsp3) is 0.160. The highest BCUT2D eigenvalue weighted by molar-refractivity contribution is 8.00. The van der Waals surface area contributed by atoms with Gasteiger partial charge in [-0.15, -0.1) is 0 Å². The average Bonchev–Trinajstić information content (AvgIpc) is 3.28. The third kappa shape index (κ3) is 4.05. The number of hydrogen-bond donors (Lipinski definition) is 1. The lowest BCUT2D eigenvalue weighted by Crippen LogP contribution is -2.26. The van der Waals surface area contributed by atoms with Crippen LogP contribution in [0.5, 0.6) is 11.5 Å². The van der Waals surface area contributed by atoms with Gasteiger partial charge in [0, 0.05) is 11.8 Å². The molecule has 3 aromatic carbocycles. The zero-order valence-corrected chi connectivity index (χ0v) is 18.9. The molecule has 1 aliphatic heterocycles. The molecule has 7 nitrogen and oxygen atoms in total. The highest BCUT2D eigenvalue weighted by Gasteiger charge is 2.22. The molecule has 1 unspecified atom stereocenters. The van der Waals surface area contributed by atoms with Crippen LogP contribution in [0.3, 0.4) is 0 Å². The third-order valence-electron chi connectivity index (χ3n) is 5.39. The van der Waals surface area contributed by atoms with Crippen molar-refractivity contribution in [2.75, 3.05) is 12.1 Å². The molecule has 33 heavy (non-hydrogen) atoms. The number of ether oxygens (including phenoxy) is 2. The standard InChI is InChI=1S/C25H21N3O4S/c1-15-7-3-6-10-20(15)28-24(30)18-8-4-5-9-19(18)27-25(28)33-16(2)23(29)26-17-11-12-21-22(13-17)32-14-31-21/h3-13,16H,14H2,1-2H3,(H,26,29). The van der Waals surface area contributed by atoms with E-state index in [1.54, 1.807) is 41.8 Å². The van der Waals surface area contributed by atoms with Gasteiger partial charge in [-0.25, -0.2) is 4.98 Å². The lowest BCUT2D eigenvalue weighted by molar-refractivity contribution is -0.115. The first-order chi connectivity index (χ1) is 16.0. The molecule has 0 saturated carbocycles. The van der Waals surface area contributed by atoms with Gasteiger partial charge in [-0.1, -0.05) is 42.1 Å². The number of amides is 1. The fourth-order valence-electron chi connectivity index (χ4n) is 3.65. The molecule has 0 radical (unpaired) electrons. The van der Waals surface area contributed by atoms with Crippen molar-refractivity contribution in [3.05, 3.63) is 82.6 Å². The quantitative estimate of drug-likeness (QED) is 0.349. The molecule has 0 fully saturated rings. The number of aromatic nitrogens is 2. The van der Waals surface area contributed by atoms with Crippen LogP contribution < -0.4 is 20.3 Å². The summed E-state index contributed by atoms with van der Waals surface area (Å²) in [6, 6.07) is 20.1. The topological polar surface area (TPSA) is 82.5 Å². The van der Waals surface area contributed by atoms with Gasteiger partial charge in [0.2, 0.25) is 12.7 Å². The summed E-state index contributed by atoms with van der Waals surface area (Å²) < 4.78 is 12.3. The SMILES string of the molecule is Cc1ccccc1-n1c(SC(C)C(=O)Nc2ccc3c(c2)OCO3)nc2ccccc2c1=O. The second kappa shape index (κ2) is 8.63. The van der Waals surface area contributed by atoms with E-state index < -0.39 is 5.25 Å². The smallest absolute Gasteiger partial charge is 0.266 e. The van der Waals surface area contributed by atoms with E-state index in [0.29, 0.717) is 33.2 Å². The van der Waals surface area contributed by atoms with E-state index in [0.717, 1.165) is 11.3 Å². The van der Waals surface area contributed by atoms with Crippen molar-refractivity contribution in [1.82, 2.24) is 9.55 Å². The van der Waals surface area contributed by atoms with Gasteiger partial charge in [-0.2, -0.15) is 0 Å². The molecule has 1 aromatic heterocycles. The summed E-state index contributed by atoms with van der Waals surface area (Å²) in [5, 5.41) is 3.38. The maximum atomic E-state index is 13.4. The Morgan fingerprint density at radius 2 is 1.82 bits per heavy atom. The van der Waals surface area contributed by atoms with E-state index in [9.17, 15) is 9.59 Å². The molecule has 2 heterocycles. The number of anilines is 1. The number of thioether (sulfide) groups is 1. The molecule has 166 valence electrons. The zero-order valence-electron chi connectivity index (χ0n) is 18.1. The number of para-hydroxylation sites is 2. The van der Waals surface area contributed by atoms with E-state index in [2.05, 4.69) is 5.32 Å². The van der Waals surface area contributed by atoms with Crippen LogP contribution in [-0.4, -0.2) is 27.5 Å². The van der Waals surface area contributed by atoms with Gasteiger partial charge in [0.05, 0.1) is 21.8 Å². The number of benzene rings is 3. The van der Waals surface area contributed by atoms with Gasteiger partial charge in [0.15, 0.2) is 16.7 Å². The summed E-state index contributed by atoms with van der Waals surface area (Å²) in [6.45, 7) is 3.90. The van der Waals surface area contributed by atoms with Crippen LogP contribution in [-0.2, 0) is 4.79 Å². The third-order valence-corrected chi connectivity index (χ3v) is 6.45. The molecule has 1 N–H and O–H groups in total. The van der Waals surface area contributed by atoms with Crippen molar-refractivity contribution in [1.29, 1.82) is 0 Å². The van der Waals surface area contributed by atoms with Crippen molar-refractivity contribution in [2.45, 2.75) is 24.3 Å². The monoisotopic (exact) mass is 459 g/mol. The van der Waals surface area contributed by atoms with E-state index in [-0.39, 0.29) is 18.3 Å². The first-order valence-corrected chi connectivity index (χ1v) is 11.3. The Hall–Kier alpha value is -3.78. The van der Waals surface area contributed by atoms with Crippen LogP contribution in [0.1, 0.15) is 12.5 Å². The highest BCUT2D eigenvalue weighted by Crippen LogP contribution is 2.34. The number of nitrogens with one attached hydrogen (secondary N) is 1. The summed E-state index contributed by atoms with van der Waals surface area (Å²) in [6.07, 6.45) is 0. The number of hydrogen-bond acceptors (Lipinski definition) is 6. The van der Waals surface area contributed by atoms with Crippen molar-refractivity contribution in [2.24, 2.45) is 0 Å². The van der Waals surface area contributed by atoms with E-state index >= 15 is 0 Å². The zero-order chi connectivity index (χ0) is 22.9. The molecular formula is C25H21N3O4S. The summed E-state index contributed by atoms with van der Waals surface area (Å²) in [4.78, 5) is 31.1. The minimum absolute atomic E-state index is 0.166. The minimum Gasteiger partial charge on any atom is -0.454 e. The van der Waals surface area contributed by atoms with Crippen LogP contribution in [0.4, 0.5) is 5.69 Å². The van der Waals surface area contributed by atoms with Gasteiger partial charge in [-0.05, 0) is 49.7 Å². The molecule has 0 aliphatic carbocycles. The molecule has 1 amide bonds. The van der Waals surface area contributed by atoms with Crippen LogP contribution in [0.15, 0.2) is 76.7 Å².